The maximum Gasteiger partial charge on any atom is 0.238 e. The van der Waals surface area contributed by atoms with Gasteiger partial charge in [0.15, 0.2) is 0 Å². The Bertz CT molecular complexity index is 847. The number of benzene rings is 2. The first-order chi connectivity index (χ1) is 14.0. The summed E-state index contributed by atoms with van der Waals surface area (Å²) in [6.45, 7) is 6.87. The van der Waals surface area contributed by atoms with E-state index in [4.69, 9.17) is 16.3 Å². The summed E-state index contributed by atoms with van der Waals surface area (Å²) in [6, 6.07) is 13.9. The molecule has 1 amide bonds. The number of carbonyl (C=O) groups is 1. The average Bonchev–Trinajstić information content (AvgIpc) is 2.72. The molecule has 0 spiro atoms. The molecule has 1 heterocycles. The number of halogens is 1. The second kappa shape index (κ2) is 10.4. The molecular formula is C23H28ClN3O2. The molecule has 154 valence electrons. The van der Waals surface area contributed by atoms with Gasteiger partial charge in [-0.3, -0.25) is 14.6 Å². The molecule has 0 atom stereocenters. The van der Waals surface area contributed by atoms with Gasteiger partial charge in [-0.05, 0) is 24.1 Å². The summed E-state index contributed by atoms with van der Waals surface area (Å²) in [7, 11) is 1.57. The van der Waals surface area contributed by atoms with Crippen molar-refractivity contribution in [3.8, 4) is 5.75 Å². The lowest BCUT2D eigenvalue weighted by molar-refractivity contribution is -0.117. The van der Waals surface area contributed by atoms with E-state index in [9.17, 15) is 4.79 Å². The van der Waals surface area contributed by atoms with Crippen LogP contribution in [0, 0.1) is 6.92 Å². The van der Waals surface area contributed by atoms with E-state index in [0.717, 1.165) is 38.3 Å². The van der Waals surface area contributed by atoms with Crippen molar-refractivity contribution >= 4 is 29.3 Å². The molecule has 6 heteroatoms. The van der Waals surface area contributed by atoms with E-state index < -0.39 is 0 Å². The zero-order valence-electron chi connectivity index (χ0n) is 17.0. The highest BCUT2D eigenvalue weighted by Gasteiger charge is 2.19. The lowest BCUT2D eigenvalue weighted by atomic mass is 10.2. The molecule has 1 saturated heterocycles. The smallest absolute Gasteiger partial charge is 0.238 e. The van der Waals surface area contributed by atoms with Crippen LogP contribution in [0.2, 0.25) is 5.02 Å². The molecule has 0 saturated carbocycles. The summed E-state index contributed by atoms with van der Waals surface area (Å²) in [6.07, 6.45) is 4.36. The van der Waals surface area contributed by atoms with Crippen molar-refractivity contribution in [2.45, 2.75) is 6.92 Å². The van der Waals surface area contributed by atoms with Gasteiger partial charge in [0.2, 0.25) is 5.91 Å². The molecule has 0 bridgehead atoms. The maximum atomic E-state index is 12.5. The lowest BCUT2D eigenvalue weighted by Crippen LogP contribution is -2.48. The summed E-state index contributed by atoms with van der Waals surface area (Å²) in [4.78, 5) is 17.1. The molecule has 0 unspecified atom stereocenters. The minimum Gasteiger partial charge on any atom is -0.495 e. The number of nitrogens with one attached hydrogen (secondary N) is 1. The highest BCUT2D eigenvalue weighted by molar-refractivity contribution is 6.31. The van der Waals surface area contributed by atoms with Crippen LogP contribution in [-0.4, -0.2) is 62.1 Å². The van der Waals surface area contributed by atoms with Crippen molar-refractivity contribution in [1.29, 1.82) is 0 Å². The van der Waals surface area contributed by atoms with E-state index in [1.165, 1.54) is 5.56 Å². The molecule has 0 aromatic heterocycles. The van der Waals surface area contributed by atoms with Crippen molar-refractivity contribution < 1.29 is 9.53 Å². The number of piperazine rings is 1. The van der Waals surface area contributed by atoms with Crippen LogP contribution in [0.4, 0.5) is 5.69 Å². The third-order valence-corrected chi connectivity index (χ3v) is 5.47. The van der Waals surface area contributed by atoms with Crippen molar-refractivity contribution in [3.05, 3.63) is 64.7 Å². The van der Waals surface area contributed by atoms with E-state index >= 15 is 0 Å². The minimum atomic E-state index is -0.0394. The predicted octanol–water partition coefficient (Wildman–Crippen LogP) is 3.93. The van der Waals surface area contributed by atoms with E-state index in [1.54, 1.807) is 13.2 Å². The van der Waals surface area contributed by atoms with Crippen LogP contribution in [0.25, 0.3) is 6.08 Å². The lowest BCUT2D eigenvalue weighted by Gasteiger charge is -2.33. The number of methoxy groups -OCH3 is 1. The number of hydrogen-bond donors (Lipinski definition) is 1. The van der Waals surface area contributed by atoms with Crippen LogP contribution < -0.4 is 10.1 Å². The number of hydrogen-bond acceptors (Lipinski definition) is 4. The standard InChI is InChI=1S/C23H28ClN3O2/c1-18-15-21(22(29-2)16-20(18)24)25-23(28)17-27-13-11-26(12-14-27)10-6-9-19-7-4-3-5-8-19/h3-9,15-16H,10-14,17H2,1-2H3,(H,25,28)/b9-6+. The molecular weight excluding hydrogens is 386 g/mol. The Morgan fingerprint density at radius 1 is 1.14 bits per heavy atom. The Hall–Kier alpha value is -2.34. The molecule has 1 fully saturated rings. The number of ether oxygens (including phenoxy) is 1. The van der Waals surface area contributed by atoms with Crippen LogP contribution in [-0.2, 0) is 4.79 Å². The van der Waals surface area contributed by atoms with Crippen molar-refractivity contribution in [3.63, 3.8) is 0 Å². The Morgan fingerprint density at radius 2 is 1.83 bits per heavy atom. The van der Waals surface area contributed by atoms with Gasteiger partial charge >= 0.3 is 0 Å². The molecule has 0 radical (unpaired) electrons. The van der Waals surface area contributed by atoms with Crippen LogP contribution in [0.3, 0.4) is 0 Å². The summed E-state index contributed by atoms with van der Waals surface area (Å²) < 4.78 is 5.33. The van der Waals surface area contributed by atoms with Gasteiger partial charge in [-0.2, -0.15) is 0 Å². The van der Waals surface area contributed by atoms with Gasteiger partial charge in [-0.25, -0.2) is 0 Å². The zero-order valence-corrected chi connectivity index (χ0v) is 17.8. The SMILES string of the molecule is COc1cc(Cl)c(C)cc1NC(=O)CN1CCN(C/C=C/c2ccccc2)CC1. The predicted molar refractivity (Wildman–Crippen MR) is 120 cm³/mol. The van der Waals surface area contributed by atoms with Gasteiger partial charge in [-0.1, -0.05) is 54.1 Å². The molecule has 1 aliphatic heterocycles. The topological polar surface area (TPSA) is 44.8 Å². The summed E-state index contributed by atoms with van der Waals surface area (Å²) in [5, 5.41) is 3.57. The first-order valence-electron chi connectivity index (χ1n) is 9.85. The summed E-state index contributed by atoms with van der Waals surface area (Å²) >= 11 is 6.13. The van der Waals surface area contributed by atoms with E-state index in [0.29, 0.717) is 23.0 Å². The zero-order chi connectivity index (χ0) is 20.6. The Balaban J connectivity index is 1.44. The first kappa shape index (κ1) is 21.4. The van der Waals surface area contributed by atoms with Crippen LogP contribution in [0.15, 0.2) is 48.5 Å². The highest BCUT2D eigenvalue weighted by Crippen LogP contribution is 2.30. The molecule has 2 aromatic rings. The monoisotopic (exact) mass is 413 g/mol. The number of amides is 1. The fourth-order valence-electron chi connectivity index (χ4n) is 3.35. The second-order valence-electron chi connectivity index (χ2n) is 7.24. The Kier molecular flexibility index (Phi) is 7.69. The van der Waals surface area contributed by atoms with Gasteiger partial charge in [0, 0.05) is 43.8 Å². The highest BCUT2D eigenvalue weighted by atomic mass is 35.5. The number of aryl methyl sites for hydroxylation is 1. The van der Waals surface area contributed by atoms with Crippen molar-refractivity contribution in [1.82, 2.24) is 9.80 Å². The number of rotatable bonds is 7. The van der Waals surface area contributed by atoms with Crippen LogP contribution in [0.1, 0.15) is 11.1 Å². The average molecular weight is 414 g/mol. The Morgan fingerprint density at radius 3 is 2.52 bits per heavy atom. The first-order valence-corrected chi connectivity index (χ1v) is 10.2. The molecule has 2 aromatic carbocycles. The summed E-state index contributed by atoms with van der Waals surface area (Å²) in [5.74, 6) is 0.534. The quantitative estimate of drug-likeness (QED) is 0.747. The van der Waals surface area contributed by atoms with Gasteiger partial charge in [0.25, 0.3) is 0 Å². The molecule has 5 nitrogen and oxygen atoms in total. The van der Waals surface area contributed by atoms with Crippen molar-refractivity contribution in [2.24, 2.45) is 0 Å². The number of nitrogens with zero attached hydrogens (tertiary/aromatic N) is 2. The third-order valence-electron chi connectivity index (χ3n) is 5.06. The normalized spacial score (nSPS) is 15.6. The second-order valence-corrected chi connectivity index (χ2v) is 7.65. The van der Waals surface area contributed by atoms with Gasteiger partial charge < -0.3 is 10.1 Å². The van der Waals surface area contributed by atoms with Crippen molar-refractivity contribution in [2.75, 3.05) is 51.7 Å². The fourth-order valence-corrected chi connectivity index (χ4v) is 3.51. The fraction of sp³-hybridized carbons (Fsp3) is 0.348. The van der Waals surface area contributed by atoms with E-state index in [2.05, 4.69) is 39.4 Å². The van der Waals surface area contributed by atoms with E-state index in [-0.39, 0.29) is 5.91 Å². The molecule has 29 heavy (non-hydrogen) atoms. The molecule has 0 aliphatic carbocycles. The number of anilines is 1. The van der Waals surface area contributed by atoms with Gasteiger partial charge in [-0.15, -0.1) is 0 Å². The van der Waals surface area contributed by atoms with Crippen LogP contribution >= 0.6 is 11.6 Å². The van der Waals surface area contributed by atoms with Gasteiger partial charge in [0.05, 0.1) is 19.3 Å². The Labute approximate surface area is 177 Å². The van der Waals surface area contributed by atoms with E-state index in [1.807, 2.05) is 31.2 Å². The molecule has 1 N–H and O–H groups in total. The molecule has 1 aliphatic rings. The largest absolute Gasteiger partial charge is 0.495 e. The molecule has 3 rings (SSSR count). The number of carbonyl (C=O) groups excluding carboxylic acids is 1. The third kappa shape index (κ3) is 6.32. The maximum absolute atomic E-state index is 12.5. The minimum absolute atomic E-state index is 0.0394. The van der Waals surface area contributed by atoms with Gasteiger partial charge in [0.1, 0.15) is 5.75 Å². The van der Waals surface area contributed by atoms with Crippen LogP contribution in [0.5, 0.6) is 5.75 Å². The summed E-state index contributed by atoms with van der Waals surface area (Å²) in [5.41, 5.74) is 2.78.